The summed E-state index contributed by atoms with van der Waals surface area (Å²) in [6.07, 6.45) is 9.05. The number of aliphatic imine (C=N–C) groups is 1. The highest BCUT2D eigenvalue weighted by molar-refractivity contribution is 5.78. The highest BCUT2D eigenvalue weighted by Crippen LogP contribution is 2.21. The number of nitrogens with zero attached hydrogens (tertiary/aromatic N) is 2. The van der Waals surface area contributed by atoms with Gasteiger partial charge >= 0.3 is 0 Å². The van der Waals surface area contributed by atoms with E-state index in [4.69, 9.17) is 5.73 Å². The quantitative estimate of drug-likeness (QED) is 0.531. The highest BCUT2D eigenvalue weighted by Gasteiger charge is 2.23. The van der Waals surface area contributed by atoms with E-state index in [1.54, 1.807) is 0 Å². The number of likely N-dealkylation sites (tertiary alicyclic amines) is 1. The summed E-state index contributed by atoms with van der Waals surface area (Å²) < 4.78 is 0. The van der Waals surface area contributed by atoms with Crippen LogP contribution in [0.15, 0.2) is 4.99 Å². The van der Waals surface area contributed by atoms with Gasteiger partial charge in [0.25, 0.3) is 0 Å². The average Bonchev–Trinajstić information content (AvgIpc) is 2.66. The fourth-order valence-electron chi connectivity index (χ4n) is 2.74. The first kappa shape index (κ1) is 10.8. The average molecular weight is 209 g/mol. The zero-order valence-electron chi connectivity index (χ0n) is 9.78. The Hall–Kier alpha value is -0.730. The standard InChI is InChI=1S/C12H23N3/c1-10-6-5-9-15(10)12(13)14-11-7-3-2-4-8-11/h10-11H,2-9H2,1H3,(H2,13,14). The molecule has 1 aliphatic carbocycles. The van der Waals surface area contributed by atoms with Crippen LogP contribution in [0.25, 0.3) is 0 Å². The first-order chi connectivity index (χ1) is 7.27. The minimum atomic E-state index is 0.506. The molecule has 1 atom stereocenters. The zero-order valence-corrected chi connectivity index (χ0v) is 9.78. The van der Waals surface area contributed by atoms with Crippen LogP contribution in [0, 0.1) is 0 Å². The van der Waals surface area contributed by atoms with Crippen molar-refractivity contribution in [3.05, 3.63) is 0 Å². The van der Waals surface area contributed by atoms with Gasteiger partial charge in [0.05, 0.1) is 6.04 Å². The Morgan fingerprint density at radius 3 is 2.47 bits per heavy atom. The maximum Gasteiger partial charge on any atom is 0.191 e. The van der Waals surface area contributed by atoms with E-state index < -0.39 is 0 Å². The van der Waals surface area contributed by atoms with Crippen molar-refractivity contribution in [3.8, 4) is 0 Å². The molecule has 86 valence electrons. The molecule has 0 amide bonds. The third kappa shape index (κ3) is 2.64. The number of hydrogen-bond acceptors (Lipinski definition) is 1. The summed E-state index contributed by atoms with van der Waals surface area (Å²) in [5.74, 6) is 0.798. The van der Waals surface area contributed by atoms with Crippen LogP contribution in [0.5, 0.6) is 0 Å². The molecule has 0 aromatic carbocycles. The van der Waals surface area contributed by atoms with Crippen LogP contribution in [-0.4, -0.2) is 29.5 Å². The molecule has 15 heavy (non-hydrogen) atoms. The summed E-state index contributed by atoms with van der Waals surface area (Å²) in [5.41, 5.74) is 6.08. The molecule has 0 bridgehead atoms. The Morgan fingerprint density at radius 2 is 1.87 bits per heavy atom. The predicted octanol–water partition coefficient (Wildman–Crippen LogP) is 2.12. The Kier molecular flexibility index (Phi) is 3.49. The third-order valence-corrected chi connectivity index (χ3v) is 3.74. The van der Waals surface area contributed by atoms with Crippen LogP contribution >= 0.6 is 0 Å². The molecule has 1 saturated heterocycles. The molecule has 3 nitrogen and oxygen atoms in total. The topological polar surface area (TPSA) is 41.6 Å². The van der Waals surface area contributed by atoms with Gasteiger partial charge in [0, 0.05) is 12.6 Å². The molecular weight excluding hydrogens is 186 g/mol. The first-order valence-corrected chi connectivity index (χ1v) is 6.37. The summed E-state index contributed by atoms with van der Waals surface area (Å²) >= 11 is 0. The molecular formula is C12H23N3. The third-order valence-electron chi connectivity index (χ3n) is 3.74. The molecule has 1 aliphatic heterocycles. The van der Waals surface area contributed by atoms with Crippen molar-refractivity contribution in [2.75, 3.05) is 6.54 Å². The SMILES string of the molecule is CC1CCCN1C(N)=NC1CCCCC1. The molecule has 1 heterocycles. The fraction of sp³-hybridized carbons (Fsp3) is 0.917. The van der Waals surface area contributed by atoms with Crippen molar-refractivity contribution in [2.24, 2.45) is 10.7 Å². The summed E-state index contributed by atoms with van der Waals surface area (Å²) in [5, 5.41) is 0. The van der Waals surface area contributed by atoms with Crippen LogP contribution in [0.2, 0.25) is 0 Å². The van der Waals surface area contributed by atoms with E-state index in [-0.39, 0.29) is 0 Å². The fourth-order valence-corrected chi connectivity index (χ4v) is 2.74. The minimum Gasteiger partial charge on any atom is -0.370 e. The van der Waals surface area contributed by atoms with E-state index in [1.165, 1.54) is 44.9 Å². The van der Waals surface area contributed by atoms with Crippen LogP contribution in [0.4, 0.5) is 0 Å². The summed E-state index contributed by atoms with van der Waals surface area (Å²) in [6, 6.07) is 1.10. The highest BCUT2D eigenvalue weighted by atomic mass is 15.3. The molecule has 2 fully saturated rings. The molecule has 2 aliphatic rings. The van der Waals surface area contributed by atoms with Gasteiger partial charge in [0.2, 0.25) is 0 Å². The van der Waals surface area contributed by atoms with Crippen LogP contribution in [-0.2, 0) is 0 Å². The smallest absolute Gasteiger partial charge is 0.191 e. The Labute approximate surface area is 92.7 Å². The van der Waals surface area contributed by atoms with Gasteiger partial charge in [0.15, 0.2) is 5.96 Å². The van der Waals surface area contributed by atoms with Crippen molar-refractivity contribution >= 4 is 5.96 Å². The zero-order chi connectivity index (χ0) is 10.7. The van der Waals surface area contributed by atoms with Crippen molar-refractivity contribution in [1.29, 1.82) is 0 Å². The second kappa shape index (κ2) is 4.86. The van der Waals surface area contributed by atoms with Crippen LogP contribution < -0.4 is 5.73 Å². The van der Waals surface area contributed by atoms with Gasteiger partial charge in [-0.1, -0.05) is 19.3 Å². The van der Waals surface area contributed by atoms with Gasteiger partial charge in [-0.15, -0.1) is 0 Å². The van der Waals surface area contributed by atoms with E-state index >= 15 is 0 Å². The lowest BCUT2D eigenvalue weighted by atomic mass is 9.96. The van der Waals surface area contributed by atoms with E-state index in [2.05, 4.69) is 16.8 Å². The van der Waals surface area contributed by atoms with Crippen molar-refractivity contribution in [3.63, 3.8) is 0 Å². The second-order valence-corrected chi connectivity index (χ2v) is 4.96. The molecule has 1 saturated carbocycles. The monoisotopic (exact) mass is 209 g/mol. The molecule has 0 aromatic heterocycles. The Bertz CT molecular complexity index is 231. The lowest BCUT2D eigenvalue weighted by Gasteiger charge is -2.25. The first-order valence-electron chi connectivity index (χ1n) is 6.37. The molecule has 0 radical (unpaired) electrons. The van der Waals surface area contributed by atoms with Gasteiger partial charge in [-0.2, -0.15) is 0 Å². The second-order valence-electron chi connectivity index (χ2n) is 4.96. The van der Waals surface area contributed by atoms with Crippen molar-refractivity contribution < 1.29 is 0 Å². The molecule has 0 aromatic rings. The van der Waals surface area contributed by atoms with Crippen LogP contribution in [0.3, 0.4) is 0 Å². The van der Waals surface area contributed by atoms with Gasteiger partial charge in [-0.3, -0.25) is 0 Å². The van der Waals surface area contributed by atoms with E-state index in [0.29, 0.717) is 12.1 Å². The normalized spacial score (nSPS) is 29.8. The lowest BCUT2D eigenvalue weighted by molar-refractivity contribution is 0.393. The maximum atomic E-state index is 6.08. The van der Waals surface area contributed by atoms with Crippen LogP contribution in [0.1, 0.15) is 51.9 Å². The van der Waals surface area contributed by atoms with E-state index in [1.807, 2.05) is 0 Å². The van der Waals surface area contributed by atoms with Gasteiger partial charge in [-0.25, -0.2) is 4.99 Å². The van der Waals surface area contributed by atoms with Gasteiger partial charge in [-0.05, 0) is 32.6 Å². The molecule has 1 unspecified atom stereocenters. The van der Waals surface area contributed by atoms with Gasteiger partial charge in [0.1, 0.15) is 0 Å². The molecule has 2 N–H and O–H groups in total. The summed E-state index contributed by atoms with van der Waals surface area (Å²) in [7, 11) is 0. The summed E-state index contributed by atoms with van der Waals surface area (Å²) in [4.78, 5) is 6.96. The van der Waals surface area contributed by atoms with E-state index in [0.717, 1.165) is 12.5 Å². The number of guanidine groups is 1. The number of rotatable bonds is 1. The number of nitrogens with two attached hydrogens (primary N) is 1. The lowest BCUT2D eigenvalue weighted by Crippen LogP contribution is -2.40. The molecule has 2 rings (SSSR count). The minimum absolute atomic E-state index is 0.506. The van der Waals surface area contributed by atoms with Crippen molar-refractivity contribution in [2.45, 2.75) is 64.0 Å². The number of hydrogen-bond donors (Lipinski definition) is 1. The van der Waals surface area contributed by atoms with Crippen molar-refractivity contribution in [1.82, 2.24) is 4.90 Å². The predicted molar refractivity (Wildman–Crippen MR) is 63.9 cm³/mol. The van der Waals surface area contributed by atoms with E-state index in [9.17, 15) is 0 Å². The maximum absolute atomic E-state index is 6.08. The Balaban J connectivity index is 1.92. The molecule has 3 heteroatoms. The summed E-state index contributed by atoms with van der Waals surface area (Å²) in [6.45, 7) is 3.35. The Morgan fingerprint density at radius 1 is 1.13 bits per heavy atom. The largest absolute Gasteiger partial charge is 0.370 e. The van der Waals surface area contributed by atoms with Gasteiger partial charge < -0.3 is 10.6 Å². The molecule has 0 spiro atoms.